The van der Waals surface area contributed by atoms with Gasteiger partial charge in [0.1, 0.15) is 0 Å². The summed E-state index contributed by atoms with van der Waals surface area (Å²) in [6.07, 6.45) is 2.02. The second kappa shape index (κ2) is 4.83. The summed E-state index contributed by atoms with van der Waals surface area (Å²) in [5.41, 5.74) is 0.942. The molecule has 1 fully saturated rings. The lowest BCUT2D eigenvalue weighted by molar-refractivity contribution is -0.128. The van der Waals surface area contributed by atoms with E-state index in [0.717, 1.165) is 5.56 Å². The van der Waals surface area contributed by atoms with Crippen LogP contribution in [0.2, 0.25) is 0 Å². The van der Waals surface area contributed by atoms with Crippen molar-refractivity contribution in [3.63, 3.8) is 0 Å². The van der Waals surface area contributed by atoms with Gasteiger partial charge in [0.15, 0.2) is 0 Å². The van der Waals surface area contributed by atoms with Gasteiger partial charge in [-0.05, 0) is 5.56 Å². The predicted octanol–water partition coefficient (Wildman–Crippen LogP) is 0.962. The number of hydrogen-bond donors (Lipinski definition) is 0. The van der Waals surface area contributed by atoms with Crippen molar-refractivity contribution >= 4 is 5.91 Å². The van der Waals surface area contributed by atoms with Crippen LogP contribution in [-0.2, 0) is 11.3 Å². The van der Waals surface area contributed by atoms with Gasteiger partial charge < -0.3 is 9.64 Å². The van der Waals surface area contributed by atoms with Crippen molar-refractivity contribution in [2.24, 2.45) is 5.92 Å². The summed E-state index contributed by atoms with van der Waals surface area (Å²) in [5.74, 6) is 0.414. The fourth-order valence-electron chi connectivity index (χ4n) is 1.86. The first kappa shape index (κ1) is 11.4. The minimum absolute atomic E-state index is 0.0346. The van der Waals surface area contributed by atoms with Crippen molar-refractivity contribution in [1.82, 2.24) is 9.88 Å². The van der Waals surface area contributed by atoms with E-state index >= 15 is 0 Å². The fourth-order valence-corrected chi connectivity index (χ4v) is 1.86. The number of hydrogen-bond acceptors (Lipinski definition) is 4. The average Bonchev–Trinajstić information content (AvgIpc) is 2.71. The number of aromatic nitrogens is 1. The molecule has 0 N–H and O–H groups in total. The molecule has 1 aromatic heterocycles. The molecule has 5 nitrogen and oxygen atoms in total. The van der Waals surface area contributed by atoms with Gasteiger partial charge in [0.25, 0.3) is 0 Å². The van der Waals surface area contributed by atoms with Crippen LogP contribution < -0.4 is 4.74 Å². The van der Waals surface area contributed by atoms with E-state index in [1.54, 1.807) is 24.3 Å². The van der Waals surface area contributed by atoms with Gasteiger partial charge in [-0.2, -0.15) is 5.26 Å². The minimum atomic E-state index is -0.172. The molecule has 5 heteroatoms. The molecular formula is C12H13N3O2. The third-order valence-electron chi connectivity index (χ3n) is 2.78. The molecule has 1 atom stereocenters. The molecule has 0 aromatic carbocycles. The van der Waals surface area contributed by atoms with Crippen LogP contribution in [0.5, 0.6) is 5.88 Å². The van der Waals surface area contributed by atoms with Crippen molar-refractivity contribution in [3.8, 4) is 11.9 Å². The van der Waals surface area contributed by atoms with Gasteiger partial charge in [-0.25, -0.2) is 4.98 Å². The van der Waals surface area contributed by atoms with Crippen molar-refractivity contribution in [2.75, 3.05) is 13.7 Å². The highest BCUT2D eigenvalue weighted by atomic mass is 16.5. The molecule has 1 amide bonds. The number of nitriles is 1. The Morgan fingerprint density at radius 1 is 1.65 bits per heavy atom. The van der Waals surface area contributed by atoms with E-state index in [1.807, 2.05) is 6.07 Å². The standard InChI is InChI=1S/C12H13N3O2/c1-17-11-3-2-9(6-14-11)7-15-8-10(5-13)4-12(15)16/h2-3,6,10H,4,7-8H2,1H3. The number of methoxy groups -OCH3 is 1. The molecular weight excluding hydrogens is 218 g/mol. The largest absolute Gasteiger partial charge is 0.481 e. The average molecular weight is 231 g/mol. The molecule has 1 unspecified atom stereocenters. The first-order valence-corrected chi connectivity index (χ1v) is 5.39. The van der Waals surface area contributed by atoms with E-state index in [2.05, 4.69) is 11.1 Å². The zero-order valence-electron chi connectivity index (χ0n) is 9.59. The van der Waals surface area contributed by atoms with Crippen LogP contribution >= 0.6 is 0 Å². The molecule has 17 heavy (non-hydrogen) atoms. The number of rotatable bonds is 3. The maximum atomic E-state index is 11.6. The van der Waals surface area contributed by atoms with E-state index in [1.165, 1.54) is 0 Å². The lowest BCUT2D eigenvalue weighted by atomic mass is 10.1. The fraction of sp³-hybridized carbons (Fsp3) is 0.417. The lowest BCUT2D eigenvalue weighted by Crippen LogP contribution is -2.24. The van der Waals surface area contributed by atoms with Crippen LogP contribution in [0.4, 0.5) is 0 Å². The third-order valence-corrected chi connectivity index (χ3v) is 2.78. The molecule has 0 spiro atoms. The monoisotopic (exact) mass is 231 g/mol. The molecule has 1 aliphatic rings. The predicted molar refractivity (Wildman–Crippen MR) is 59.9 cm³/mol. The van der Waals surface area contributed by atoms with Gasteiger partial charge in [0.2, 0.25) is 11.8 Å². The van der Waals surface area contributed by atoms with Crippen molar-refractivity contribution in [1.29, 1.82) is 5.26 Å². The second-order valence-corrected chi connectivity index (χ2v) is 4.01. The van der Waals surface area contributed by atoms with Gasteiger partial charge in [-0.15, -0.1) is 0 Å². The molecule has 0 aliphatic carbocycles. The Hall–Kier alpha value is -2.09. The summed E-state index contributed by atoms with van der Waals surface area (Å²) in [7, 11) is 1.56. The summed E-state index contributed by atoms with van der Waals surface area (Å²) in [6.45, 7) is 1.02. The highest BCUT2D eigenvalue weighted by molar-refractivity contribution is 5.79. The number of carbonyl (C=O) groups is 1. The van der Waals surface area contributed by atoms with Gasteiger partial charge in [-0.3, -0.25) is 4.79 Å². The topological polar surface area (TPSA) is 66.2 Å². The molecule has 0 saturated carbocycles. The Balaban J connectivity index is 2.01. The number of pyridine rings is 1. The zero-order valence-corrected chi connectivity index (χ0v) is 9.59. The Morgan fingerprint density at radius 2 is 2.47 bits per heavy atom. The zero-order chi connectivity index (χ0) is 12.3. The van der Waals surface area contributed by atoms with Crippen LogP contribution in [-0.4, -0.2) is 29.4 Å². The molecule has 1 aromatic rings. The third kappa shape index (κ3) is 2.53. The number of amides is 1. The molecule has 0 radical (unpaired) electrons. The molecule has 0 bridgehead atoms. The van der Waals surface area contributed by atoms with Crippen LogP contribution in [0, 0.1) is 17.2 Å². The number of nitrogens with zero attached hydrogens (tertiary/aromatic N) is 3. The van der Waals surface area contributed by atoms with E-state index in [0.29, 0.717) is 25.4 Å². The van der Waals surface area contributed by atoms with E-state index in [4.69, 9.17) is 10.00 Å². The Morgan fingerprint density at radius 3 is 3.00 bits per heavy atom. The maximum Gasteiger partial charge on any atom is 0.224 e. The van der Waals surface area contributed by atoms with Crippen LogP contribution in [0.3, 0.4) is 0 Å². The lowest BCUT2D eigenvalue weighted by Gasteiger charge is -2.15. The van der Waals surface area contributed by atoms with Crippen LogP contribution in [0.15, 0.2) is 18.3 Å². The van der Waals surface area contributed by atoms with Gasteiger partial charge in [-0.1, -0.05) is 6.07 Å². The SMILES string of the molecule is COc1ccc(CN2CC(C#N)CC2=O)cn1. The molecule has 2 heterocycles. The quantitative estimate of drug-likeness (QED) is 0.777. The first-order valence-electron chi connectivity index (χ1n) is 5.39. The van der Waals surface area contributed by atoms with Crippen LogP contribution in [0.1, 0.15) is 12.0 Å². The number of likely N-dealkylation sites (tertiary alicyclic amines) is 1. The summed E-state index contributed by atoms with van der Waals surface area (Å²) < 4.78 is 4.96. The summed E-state index contributed by atoms with van der Waals surface area (Å²) in [4.78, 5) is 17.4. The van der Waals surface area contributed by atoms with Gasteiger partial charge in [0, 0.05) is 31.8 Å². The number of ether oxygens (including phenoxy) is 1. The summed E-state index contributed by atoms with van der Waals surface area (Å²) >= 11 is 0. The first-order chi connectivity index (χ1) is 8.22. The number of carbonyl (C=O) groups excluding carboxylic acids is 1. The van der Waals surface area contributed by atoms with E-state index in [-0.39, 0.29) is 11.8 Å². The highest BCUT2D eigenvalue weighted by Gasteiger charge is 2.29. The molecule has 2 rings (SSSR count). The normalized spacial score (nSPS) is 19.2. The van der Waals surface area contributed by atoms with E-state index < -0.39 is 0 Å². The Kier molecular flexibility index (Phi) is 3.24. The van der Waals surface area contributed by atoms with Crippen LogP contribution in [0.25, 0.3) is 0 Å². The summed E-state index contributed by atoms with van der Waals surface area (Å²) in [6, 6.07) is 5.77. The molecule has 1 saturated heterocycles. The van der Waals surface area contributed by atoms with Crippen molar-refractivity contribution in [3.05, 3.63) is 23.9 Å². The Bertz CT molecular complexity index is 450. The molecule has 1 aliphatic heterocycles. The van der Waals surface area contributed by atoms with Gasteiger partial charge in [0.05, 0.1) is 19.1 Å². The summed E-state index contributed by atoms with van der Waals surface area (Å²) in [5, 5.41) is 8.78. The Labute approximate surface area is 99.6 Å². The van der Waals surface area contributed by atoms with E-state index in [9.17, 15) is 4.79 Å². The van der Waals surface area contributed by atoms with Crippen molar-refractivity contribution in [2.45, 2.75) is 13.0 Å². The minimum Gasteiger partial charge on any atom is -0.481 e. The molecule has 88 valence electrons. The van der Waals surface area contributed by atoms with Gasteiger partial charge >= 0.3 is 0 Å². The smallest absolute Gasteiger partial charge is 0.224 e. The second-order valence-electron chi connectivity index (χ2n) is 4.01. The van der Waals surface area contributed by atoms with Crippen molar-refractivity contribution < 1.29 is 9.53 Å². The maximum absolute atomic E-state index is 11.6. The highest BCUT2D eigenvalue weighted by Crippen LogP contribution is 2.19.